The number of hydrogen-bond acceptors (Lipinski definition) is 4. The first kappa shape index (κ1) is 24.6. The van der Waals surface area contributed by atoms with Crippen LogP contribution in [0, 0.1) is 0 Å². The van der Waals surface area contributed by atoms with E-state index in [4.69, 9.17) is 27.9 Å². The van der Waals surface area contributed by atoms with E-state index in [0.717, 1.165) is 22.3 Å². The Kier molecular flexibility index (Phi) is 7.28. The van der Waals surface area contributed by atoms with Crippen LogP contribution in [0.4, 0.5) is 10.5 Å². The number of rotatable bonds is 7. The van der Waals surface area contributed by atoms with Crippen molar-refractivity contribution in [2.75, 3.05) is 11.9 Å². The van der Waals surface area contributed by atoms with Gasteiger partial charge in [0.2, 0.25) is 5.91 Å². The smallest absolute Gasteiger partial charge is 0.407 e. The van der Waals surface area contributed by atoms with Crippen molar-refractivity contribution in [3.63, 3.8) is 0 Å². The Hall–Kier alpha value is -3.55. The predicted molar refractivity (Wildman–Crippen MR) is 134 cm³/mol. The third-order valence-corrected chi connectivity index (χ3v) is 6.27. The van der Waals surface area contributed by atoms with Gasteiger partial charge in [-0.1, -0.05) is 71.7 Å². The summed E-state index contributed by atoms with van der Waals surface area (Å²) >= 11 is 11.9. The van der Waals surface area contributed by atoms with Gasteiger partial charge in [0.1, 0.15) is 6.61 Å². The molecule has 4 rings (SSSR count). The number of carboxylic acid groups (broad SMARTS) is 1. The van der Waals surface area contributed by atoms with E-state index in [-0.39, 0.29) is 40.2 Å². The highest BCUT2D eigenvalue weighted by atomic mass is 35.5. The Morgan fingerprint density at radius 1 is 1.00 bits per heavy atom. The van der Waals surface area contributed by atoms with Crippen LogP contribution in [0.25, 0.3) is 11.1 Å². The lowest BCUT2D eigenvalue weighted by molar-refractivity contribution is -0.116. The van der Waals surface area contributed by atoms with Crippen LogP contribution in [0.5, 0.6) is 0 Å². The molecule has 0 heterocycles. The molecule has 0 fully saturated rings. The number of hydrogen-bond donors (Lipinski definition) is 3. The zero-order valence-corrected chi connectivity index (χ0v) is 20.2. The molecule has 0 saturated heterocycles. The van der Waals surface area contributed by atoms with Crippen molar-refractivity contribution >= 4 is 46.9 Å². The van der Waals surface area contributed by atoms with Gasteiger partial charge in [-0.05, 0) is 41.3 Å². The lowest BCUT2D eigenvalue weighted by atomic mass is 9.98. The molecular weight excluding hydrogens is 491 g/mol. The summed E-state index contributed by atoms with van der Waals surface area (Å²) < 4.78 is 5.50. The molecule has 1 aliphatic rings. The van der Waals surface area contributed by atoms with Crippen molar-refractivity contribution in [2.45, 2.75) is 25.3 Å². The van der Waals surface area contributed by atoms with Crippen molar-refractivity contribution in [1.82, 2.24) is 5.32 Å². The summed E-state index contributed by atoms with van der Waals surface area (Å²) in [7, 11) is 0. The molecule has 35 heavy (non-hydrogen) atoms. The number of alkyl carbamates (subject to hydrolysis) is 1. The van der Waals surface area contributed by atoms with Crippen LogP contribution >= 0.6 is 23.2 Å². The van der Waals surface area contributed by atoms with Crippen molar-refractivity contribution in [3.05, 3.63) is 87.4 Å². The number of carbonyl (C=O) groups excluding carboxylic acids is 2. The molecule has 2 amide bonds. The zero-order valence-electron chi connectivity index (χ0n) is 18.7. The van der Waals surface area contributed by atoms with Crippen molar-refractivity contribution in [1.29, 1.82) is 0 Å². The lowest BCUT2D eigenvalue weighted by Crippen LogP contribution is -2.36. The van der Waals surface area contributed by atoms with Gasteiger partial charge in [0.25, 0.3) is 0 Å². The maximum absolute atomic E-state index is 12.5. The minimum Gasteiger partial charge on any atom is -0.478 e. The van der Waals surface area contributed by atoms with Gasteiger partial charge in [0, 0.05) is 23.4 Å². The third kappa shape index (κ3) is 5.42. The van der Waals surface area contributed by atoms with Crippen LogP contribution < -0.4 is 10.6 Å². The minimum absolute atomic E-state index is 0.000369. The number of carboxylic acids is 1. The maximum atomic E-state index is 12.5. The predicted octanol–water partition coefficient (Wildman–Crippen LogP) is 5.95. The molecule has 3 aromatic rings. The van der Waals surface area contributed by atoms with Crippen molar-refractivity contribution in [2.24, 2.45) is 0 Å². The highest BCUT2D eigenvalue weighted by molar-refractivity contribution is 6.37. The molecule has 0 bridgehead atoms. The summed E-state index contributed by atoms with van der Waals surface area (Å²) in [5, 5.41) is 14.6. The Morgan fingerprint density at radius 2 is 1.60 bits per heavy atom. The quantitative estimate of drug-likeness (QED) is 0.362. The monoisotopic (exact) mass is 512 g/mol. The minimum atomic E-state index is -1.28. The van der Waals surface area contributed by atoms with Gasteiger partial charge >= 0.3 is 12.1 Å². The Morgan fingerprint density at radius 3 is 2.20 bits per heavy atom. The lowest BCUT2D eigenvalue weighted by Gasteiger charge is -2.17. The molecule has 9 heteroatoms. The summed E-state index contributed by atoms with van der Waals surface area (Å²) in [4.78, 5) is 36.4. The Balaban J connectivity index is 1.34. The van der Waals surface area contributed by atoms with Crippen molar-refractivity contribution < 1.29 is 24.2 Å². The Bertz CT molecular complexity index is 1270. The number of carbonyl (C=O) groups is 3. The molecule has 3 aromatic carbocycles. The number of anilines is 1. The molecule has 0 saturated carbocycles. The van der Waals surface area contributed by atoms with Gasteiger partial charge in [-0.2, -0.15) is 0 Å². The molecule has 0 unspecified atom stereocenters. The number of fused-ring (bicyclic) bond motifs is 3. The molecule has 0 radical (unpaired) electrons. The van der Waals surface area contributed by atoms with Crippen LogP contribution in [0.2, 0.25) is 10.0 Å². The topological polar surface area (TPSA) is 105 Å². The van der Waals surface area contributed by atoms with Gasteiger partial charge in [0.05, 0.1) is 16.3 Å². The van der Waals surface area contributed by atoms with E-state index < -0.39 is 24.0 Å². The number of ether oxygens (including phenoxy) is 1. The van der Waals surface area contributed by atoms with E-state index in [2.05, 4.69) is 22.8 Å². The standard InChI is InChI=1S/C26H22Cl2N2O5/c1-14(10-23(31)30-24-20(25(32)33)11-15(27)12-22(24)28)29-26(34)35-13-21-18-8-4-2-6-16(18)17-7-3-5-9-19(17)21/h2-9,11-12,14,21H,10,13H2,1H3,(H,29,34)(H,30,31)(H,32,33)/t14-/m0/s1. The number of halogens is 2. The van der Waals surface area contributed by atoms with Gasteiger partial charge in [-0.25, -0.2) is 9.59 Å². The average molecular weight is 513 g/mol. The molecule has 7 nitrogen and oxygen atoms in total. The third-order valence-electron chi connectivity index (χ3n) is 5.75. The summed E-state index contributed by atoms with van der Waals surface area (Å²) in [5.74, 6) is -1.88. The molecule has 1 aliphatic carbocycles. The van der Waals surface area contributed by atoms with Crippen LogP contribution in [0.15, 0.2) is 60.7 Å². The normalized spacial score (nSPS) is 12.9. The molecular formula is C26H22Cl2N2O5. The summed E-state index contributed by atoms with van der Waals surface area (Å²) in [6.45, 7) is 1.80. The SMILES string of the molecule is C[C@@H](CC(=O)Nc1c(Cl)cc(Cl)cc1C(=O)O)NC(=O)OCC1c2ccccc2-c2ccccc21. The fourth-order valence-electron chi connectivity index (χ4n) is 4.23. The van der Waals surface area contributed by atoms with E-state index >= 15 is 0 Å². The molecule has 0 aliphatic heterocycles. The first-order valence-corrected chi connectivity index (χ1v) is 11.6. The molecule has 0 spiro atoms. The number of nitrogens with one attached hydrogen (secondary N) is 2. The highest BCUT2D eigenvalue weighted by Gasteiger charge is 2.29. The van der Waals surface area contributed by atoms with Gasteiger partial charge < -0.3 is 20.5 Å². The van der Waals surface area contributed by atoms with Crippen LogP contribution in [0.1, 0.15) is 40.7 Å². The fourth-order valence-corrected chi connectivity index (χ4v) is 4.77. The average Bonchev–Trinajstić information content (AvgIpc) is 3.12. The largest absolute Gasteiger partial charge is 0.478 e. The number of benzene rings is 3. The molecule has 3 N–H and O–H groups in total. The van der Waals surface area contributed by atoms with E-state index in [9.17, 15) is 19.5 Å². The maximum Gasteiger partial charge on any atom is 0.407 e. The zero-order chi connectivity index (χ0) is 25.1. The second kappa shape index (κ2) is 10.4. The number of aromatic carboxylic acids is 1. The van der Waals surface area contributed by atoms with Crippen molar-refractivity contribution in [3.8, 4) is 11.1 Å². The molecule has 1 atom stereocenters. The summed E-state index contributed by atoms with van der Waals surface area (Å²) in [5.41, 5.74) is 4.17. The second-order valence-electron chi connectivity index (χ2n) is 8.24. The second-order valence-corrected chi connectivity index (χ2v) is 9.08. The van der Waals surface area contributed by atoms with E-state index in [1.165, 1.54) is 12.1 Å². The summed E-state index contributed by atoms with van der Waals surface area (Å²) in [6.07, 6.45) is -0.773. The van der Waals surface area contributed by atoms with Gasteiger partial charge in [0.15, 0.2) is 0 Å². The summed E-state index contributed by atoms with van der Waals surface area (Å²) in [6, 6.07) is 18.0. The van der Waals surface area contributed by atoms with Crippen LogP contribution in [0.3, 0.4) is 0 Å². The first-order valence-electron chi connectivity index (χ1n) is 10.9. The fraction of sp³-hybridized carbons (Fsp3) is 0.192. The molecule has 0 aromatic heterocycles. The van der Waals surface area contributed by atoms with Gasteiger partial charge in [-0.15, -0.1) is 0 Å². The molecule has 180 valence electrons. The van der Waals surface area contributed by atoms with E-state index in [0.29, 0.717) is 0 Å². The Labute approximate surface area is 212 Å². The van der Waals surface area contributed by atoms with Gasteiger partial charge in [-0.3, -0.25) is 4.79 Å². The number of amides is 2. The first-order chi connectivity index (χ1) is 16.7. The van der Waals surface area contributed by atoms with E-state index in [1.807, 2.05) is 36.4 Å². The highest BCUT2D eigenvalue weighted by Crippen LogP contribution is 2.44. The van der Waals surface area contributed by atoms with Crippen LogP contribution in [-0.2, 0) is 9.53 Å². The van der Waals surface area contributed by atoms with E-state index in [1.54, 1.807) is 6.92 Å². The van der Waals surface area contributed by atoms with Crippen LogP contribution in [-0.4, -0.2) is 35.7 Å².